The number of hydrogen-bond acceptors (Lipinski definition) is 2. The fourth-order valence-electron chi connectivity index (χ4n) is 3.19. The molecule has 1 saturated heterocycles. The lowest BCUT2D eigenvalue weighted by atomic mass is 9.96. The van der Waals surface area contributed by atoms with Crippen LogP contribution in [0.1, 0.15) is 29.5 Å². The number of nitrogens with zero attached hydrogens (tertiary/aromatic N) is 1. The van der Waals surface area contributed by atoms with Crippen LogP contribution in [-0.4, -0.2) is 35.6 Å². The zero-order chi connectivity index (χ0) is 18.4. The molecule has 0 aliphatic carbocycles. The Morgan fingerprint density at radius 3 is 2.50 bits per heavy atom. The summed E-state index contributed by atoms with van der Waals surface area (Å²) in [6, 6.07) is 15.8. The molecule has 0 amide bonds. The Morgan fingerprint density at radius 2 is 1.81 bits per heavy atom. The standard InChI is InChI=1S/C22H22ClNO2/c23-20-9-7-18(8-10-20)21(12-15-24-13-1-2-14-24)19-5-3-4-17(16-19)6-11-22(25)26/h3-12,16H,1-2,13-15H2,(H,25,26). The topological polar surface area (TPSA) is 40.5 Å². The van der Waals surface area contributed by atoms with Gasteiger partial charge in [0.25, 0.3) is 0 Å². The summed E-state index contributed by atoms with van der Waals surface area (Å²) < 4.78 is 0. The molecule has 0 spiro atoms. The van der Waals surface area contributed by atoms with Crippen molar-refractivity contribution in [2.24, 2.45) is 0 Å². The molecule has 0 atom stereocenters. The number of carbonyl (C=O) groups is 1. The first-order chi connectivity index (χ1) is 12.6. The number of rotatable bonds is 6. The van der Waals surface area contributed by atoms with Crippen molar-refractivity contribution in [3.8, 4) is 0 Å². The van der Waals surface area contributed by atoms with Crippen LogP contribution in [0.15, 0.2) is 60.7 Å². The molecule has 0 bridgehead atoms. The van der Waals surface area contributed by atoms with Crippen molar-refractivity contribution in [3.63, 3.8) is 0 Å². The van der Waals surface area contributed by atoms with Gasteiger partial charge in [-0.15, -0.1) is 0 Å². The second-order valence-electron chi connectivity index (χ2n) is 6.43. The summed E-state index contributed by atoms with van der Waals surface area (Å²) in [6.07, 6.45) is 7.56. The zero-order valence-corrected chi connectivity index (χ0v) is 15.3. The van der Waals surface area contributed by atoms with Crippen LogP contribution in [0.5, 0.6) is 0 Å². The highest BCUT2D eigenvalue weighted by molar-refractivity contribution is 6.30. The first-order valence-corrected chi connectivity index (χ1v) is 9.19. The van der Waals surface area contributed by atoms with Crippen molar-refractivity contribution in [3.05, 3.63) is 82.4 Å². The summed E-state index contributed by atoms with van der Waals surface area (Å²) in [5.74, 6) is -0.946. The molecule has 3 nitrogen and oxygen atoms in total. The molecule has 1 fully saturated rings. The number of hydrogen-bond donors (Lipinski definition) is 1. The van der Waals surface area contributed by atoms with Crippen molar-refractivity contribution in [2.75, 3.05) is 19.6 Å². The second kappa shape index (κ2) is 8.84. The van der Waals surface area contributed by atoms with E-state index in [2.05, 4.69) is 17.0 Å². The summed E-state index contributed by atoms with van der Waals surface area (Å²) in [6.45, 7) is 3.20. The lowest BCUT2D eigenvalue weighted by Gasteiger charge is -2.15. The number of halogens is 1. The monoisotopic (exact) mass is 367 g/mol. The first-order valence-electron chi connectivity index (χ1n) is 8.82. The maximum absolute atomic E-state index is 10.8. The molecule has 3 rings (SSSR count). The van der Waals surface area contributed by atoms with Crippen LogP contribution in [0, 0.1) is 0 Å². The van der Waals surface area contributed by atoms with E-state index in [-0.39, 0.29) is 0 Å². The van der Waals surface area contributed by atoms with Crippen LogP contribution < -0.4 is 0 Å². The van der Waals surface area contributed by atoms with E-state index >= 15 is 0 Å². The highest BCUT2D eigenvalue weighted by atomic mass is 35.5. The molecule has 1 N–H and O–H groups in total. The Kier molecular flexibility index (Phi) is 6.26. The van der Waals surface area contributed by atoms with Crippen LogP contribution in [0.4, 0.5) is 0 Å². The molecule has 0 radical (unpaired) electrons. The van der Waals surface area contributed by atoms with Gasteiger partial charge in [-0.05, 0) is 72.5 Å². The molecule has 0 aromatic heterocycles. The predicted octanol–water partition coefficient (Wildman–Crippen LogP) is 4.97. The van der Waals surface area contributed by atoms with Gasteiger partial charge >= 0.3 is 5.97 Å². The van der Waals surface area contributed by atoms with Crippen LogP contribution in [0.25, 0.3) is 11.6 Å². The third kappa shape index (κ3) is 5.07. The van der Waals surface area contributed by atoms with E-state index in [1.54, 1.807) is 6.08 Å². The summed E-state index contributed by atoms with van der Waals surface area (Å²) in [4.78, 5) is 13.2. The normalized spacial score (nSPS) is 15.7. The molecule has 0 unspecified atom stereocenters. The van der Waals surface area contributed by atoms with Crippen molar-refractivity contribution in [1.82, 2.24) is 4.90 Å². The minimum atomic E-state index is -0.946. The number of aliphatic carboxylic acids is 1. The average Bonchev–Trinajstić information content (AvgIpc) is 3.15. The lowest BCUT2D eigenvalue weighted by Crippen LogP contribution is -2.19. The van der Waals surface area contributed by atoms with Gasteiger partial charge in [0.05, 0.1) is 0 Å². The van der Waals surface area contributed by atoms with Crippen LogP contribution >= 0.6 is 11.6 Å². The Labute approximate surface area is 159 Å². The molecule has 26 heavy (non-hydrogen) atoms. The van der Waals surface area contributed by atoms with Gasteiger partial charge in [-0.25, -0.2) is 4.79 Å². The van der Waals surface area contributed by atoms with E-state index < -0.39 is 5.97 Å². The lowest BCUT2D eigenvalue weighted by molar-refractivity contribution is -0.131. The minimum absolute atomic E-state index is 0.714. The molecule has 1 heterocycles. The van der Waals surface area contributed by atoms with Gasteiger partial charge in [-0.3, -0.25) is 4.90 Å². The third-order valence-corrected chi connectivity index (χ3v) is 4.78. The van der Waals surface area contributed by atoms with Gasteiger partial charge in [0.2, 0.25) is 0 Å². The van der Waals surface area contributed by atoms with Gasteiger partial charge in [-0.1, -0.05) is 48.0 Å². The number of benzene rings is 2. The van der Waals surface area contributed by atoms with Crippen molar-refractivity contribution in [1.29, 1.82) is 0 Å². The highest BCUT2D eigenvalue weighted by Gasteiger charge is 2.11. The summed E-state index contributed by atoms with van der Waals surface area (Å²) in [5.41, 5.74) is 4.18. The summed E-state index contributed by atoms with van der Waals surface area (Å²) >= 11 is 6.05. The van der Waals surface area contributed by atoms with Gasteiger partial charge in [0.15, 0.2) is 0 Å². The fraction of sp³-hybridized carbons (Fsp3) is 0.227. The summed E-state index contributed by atoms with van der Waals surface area (Å²) in [7, 11) is 0. The van der Waals surface area contributed by atoms with E-state index in [4.69, 9.17) is 16.7 Å². The quantitative estimate of drug-likeness (QED) is 0.733. The molecule has 4 heteroatoms. The zero-order valence-electron chi connectivity index (χ0n) is 14.6. The Balaban J connectivity index is 1.94. The molecular weight excluding hydrogens is 346 g/mol. The maximum atomic E-state index is 10.8. The van der Waals surface area contributed by atoms with Crippen molar-refractivity contribution in [2.45, 2.75) is 12.8 Å². The Bertz CT molecular complexity index is 818. The van der Waals surface area contributed by atoms with E-state index in [0.717, 1.165) is 48.0 Å². The largest absolute Gasteiger partial charge is 0.478 e. The molecular formula is C22H22ClNO2. The molecule has 2 aromatic carbocycles. The number of carboxylic acids is 1. The van der Waals surface area contributed by atoms with Crippen molar-refractivity contribution < 1.29 is 9.90 Å². The number of likely N-dealkylation sites (tertiary alicyclic amines) is 1. The third-order valence-electron chi connectivity index (χ3n) is 4.52. The SMILES string of the molecule is O=C(O)C=Cc1cccc(C(=CCN2CCCC2)c2ccc(Cl)cc2)c1. The molecule has 134 valence electrons. The van der Waals surface area contributed by atoms with Crippen molar-refractivity contribution >= 4 is 29.2 Å². The van der Waals surface area contributed by atoms with Crippen LogP contribution in [0.3, 0.4) is 0 Å². The second-order valence-corrected chi connectivity index (χ2v) is 6.87. The predicted molar refractivity (Wildman–Crippen MR) is 107 cm³/mol. The van der Waals surface area contributed by atoms with Gasteiger partial charge in [0.1, 0.15) is 0 Å². The van der Waals surface area contributed by atoms with E-state index in [1.165, 1.54) is 12.8 Å². The molecule has 1 aliphatic heterocycles. The number of carboxylic acid groups (broad SMARTS) is 1. The van der Waals surface area contributed by atoms with E-state index in [1.807, 2.05) is 42.5 Å². The Hall–Kier alpha value is -2.36. The van der Waals surface area contributed by atoms with Crippen LogP contribution in [-0.2, 0) is 4.79 Å². The molecule has 0 saturated carbocycles. The highest BCUT2D eigenvalue weighted by Crippen LogP contribution is 2.26. The molecule has 1 aliphatic rings. The molecule has 2 aromatic rings. The van der Waals surface area contributed by atoms with Gasteiger partial charge in [0, 0.05) is 17.6 Å². The first kappa shape index (κ1) is 18.4. The van der Waals surface area contributed by atoms with E-state index in [0.29, 0.717) is 5.02 Å². The Morgan fingerprint density at radius 1 is 1.08 bits per heavy atom. The fourth-order valence-corrected chi connectivity index (χ4v) is 3.32. The van der Waals surface area contributed by atoms with Gasteiger partial charge in [-0.2, -0.15) is 0 Å². The van der Waals surface area contributed by atoms with Gasteiger partial charge < -0.3 is 5.11 Å². The minimum Gasteiger partial charge on any atom is -0.478 e. The van der Waals surface area contributed by atoms with E-state index in [9.17, 15) is 4.79 Å². The maximum Gasteiger partial charge on any atom is 0.328 e. The summed E-state index contributed by atoms with van der Waals surface area (Å²) in [5, 5.41) is 9.56. The smallest absolute Gasteiger partial charge is 0.328 e. The van der Waals surface area contributed by atoms with Crippen LogP contribution in [0.2, 0.25) is 5.02 Å². The average molecular weight is 368 g/mol.